The number of halogens is 3. The Kier molecular flexibility index (Phi) is 7.13. The zero-order valence-corrected chi connectivity index (χ0v) is 10.2. The molecule has 4 nitrogen and oxygen atoms in total. The van der Waals surface area contributed by atoms with Crippen LogP contribution in [0.3, 0.4) is 0 Å². The molecular formula is C10H20F3N3O. The van der Waals surface area contributed by atoms with E-state index in [0.29, 0.717) is 6.54 Å². The number of nitrogens with one attached hydrogen (secondary N) is 1. The van der Waals surface area contributed by atoms with E-state index in [1.165, 1.54) is 4.90 Å². The van der Waals surface area contributed by atoms with Gasteiger partial charge in [-0.3, -0.25) is 9.69 Å². The molecule has 0 aliphatic carbocycles. The van der Waals surface area contributed by atoms with Crippen LogP contribution in [0, 0.1) is 0 Å². The highest BCUT2D eigenvalue weighted by Gasteiger charge is 2.30. The van der Waals surface area contributed by atoms with Gasteiger partial charge in [0.1, 0.15) is 0 Å². The summed E-state index contributed by atoms with van der Waals surface area (Å²) in [6.07, 6.45) is -3.93. The molecule has 0 aliphatic heterocycles. The summed E-state index contributed by atoms with van der Waals surface area (Å²) < 4.78 is 36.5. The van der Waals surface area contributed by atoms with Crippen molar-refractivity contribution in [2.75, 3.05) is 26.2 Å². The lowest BCUT2D eigenvalue weighted by atomic mass is 10.2. The molecule has 0 rings (SSSR count). The molecule has 0 aromatic rings. The second kappa shape index (κ2) is 7.50. The molecule has 0 heterocycles. The minimum atomic E-state index is -4.21. The van der Waals surface area contributed by atoms with Crippen LogP contribution in [-0.4, -0.2) is 49.2 Å². The van der Waals surface area contributed by atoms with Gasteiger partial charge in [0.05, 0.1) is 12.6 Å². The van der Waals surface area contributed by atoms with Crippen molar-refractivity contribution in [1.29, 1.82) is 0 Å². The first-order chi connectivity index (χ1) is 7.80. The zero-order chi connectivity index (χ0) is 13.5. The van der Waals surface area contributed by atoms with Crippen molar-refractivity contribution in [1.82, 2.24) is 10.2 Å². The van der Waals surface area contributed by atoms with Crippen LogP contribution in [0.2, 0.25) is 0 Å². The maximum Gasteiger partial charge on any atom is 0.401 e. The highest BCUT2D eigenvalue weighted by molar-refractivity contribution is 5.79. The predicted octanol–water partition coefficient (Wildman–Crippen LogP) is 0.724. The number of primary amides is 1. The normalized spacial score (nSPS) is 14.0. The molecule has 0 spiro atoms. The summed E-state index contributed by atoms with van der Waals surface area (Å²) in [5.74, 6) is -0.532. The van der Waals surface area contributed by atoms with E-state index in [4.69, 9.17) is 5.73 Å². The van der Waals surface area contributed by atoms with Crippen molar-refractivity contribution in [2.45, 2.75) is 32.5 Å². The predicted molar refractivity (Wildman–Crippen MR) is 59.4 cm³/mol. The van der Waals surface area contributed by atoms with Gasteiger partial charge in [0.2, 0.25) is 5.91 Å². The Hall–Kier alpha value is -0.820. The van der Waals surface area contributed by atoms with Gasteiger partial charge in [-0.05, 0) is 19.5 Å². The van der Waals surface area contributed by atoms with Gasteiger partial charge in [0.25, 0.3) is 0 Å². The molecule has 0 aromatic heterocycles. The number of nitrogens with two attached hydrogens (primary N) is 1. The lowest BCUT2D eigenvalue weighted by molar-refractivity contribution is -0.145. The van der Waals surface area contributed by atoms with E-state index >= 15 is 0 Å². The Morgan fingerprint density at radius 3 is 2.35 bits per heavy atom. The molecule has 1 amide bonds. The summed E-state index contributed by atoms with van der Waals surface area (Å²) in [5, 5.41) is 2.84. The average molecular weight is 255 g/mol. The van der Waals surface area contributed by atoms with Gasteiger partial charge in [-0.25, -0.2) is 0 Å². The quantitative estimate of drug-likeness (QED) is 0.672. The molecule has 0 aromatic carbocycles. The Labute approximate surface area is 99.3 Å². The molecule has 17 heavy (non-hydrogen) atoms. The molecule has 0 fully saturated rings. The van der Waals surface area contributed by atoms with E-state index in [1.54, 1.807) is 6.92 Å². The molecular weight excluding hydrogens is 235 g/mol. The molecule has 0 bridgehead atoms. The van der Waals surface area contributed by atoms with Crippen molar-refractivity contribution in [2.24, 2.45) is 5.73 Å². The maximum atomic E-state index is 12.2. The molecule has 7 heteroatoms. The number of likely N-dealkylation sites (N-methyl/N-ethyl adjacent to an activating group) is 1. The van der Waals surface area contributed by atoms with Crippen LogP contribution < -0.4 is 11.1 Å². The van der Waals surface area contributed by atoms with E-state index < -0.39 is 24.7 Å². The minimum Gasteiger partial charge on any atom is -0.368 e. The summed E-state index contributed by atoms with van der Waals surface area (Å²) in [4.78, 5) is 12.2. The molecule has 3 N–H and O–H groups in total. The van der Waals surface area contributed by atoms with Gasteiger partial charge < -0.3 is 11.1 Å². The van der Waals surface area contributed by atoms with Gasteiger partial charge in [-0.1, -0.05) is 13.8 Å². The van der Waals surface area contributed by atoms with Crippen LogP contribution in [0.4, 0.5) is 13.2 Å². The van der Waals surface area contributed by atoms with Gasteiger partial charge >= 0.3 is 6.18 Å². The van der Waals surface area contributed by atoms with Crippen molar-refractivity contribution in [3.8, 4) is 0 Å². The average Bonchev–Trinajstić information content (AvgIpc) is 2.20. The van der Waals surface area contributed by atoms with Gasteiger partial charge in [0.15, 0.2) is 0 Å². The fourth-order valence-corrected chi connectivity index (χ4v) is 1.51. The molecule has 1 unspecified atom stereocenters. The third-order valence-electron chi connectivity index (χ3n) is 2.38. The highest BCUT2D eigenvalue weighted by Crippen LogP contribution is 2.16. The second-order valence-corrected chi connectivity index (χ2v) is 3.79. The fourth-order valence-electron chi connectivity index (χ4n) is 1.51. The van der Waals surface area contributed by atoms with Crippen LogP contribution in [0.25, 0.3) is 0 Å². The van der Waals surface area contributed by atoms with Crippen LogP contribution in [0.5, 0.6) is 0 Å². The number of hydrogen-bond donors (Lipinski definition) is 2. The Bertz CT molecular complexity index is 233. The summed E-state index contributed by atoms with van der Waals surface area (Å²) in [6, 6.07) is -0.567. The molecule has 102 valence electrons. The largest absolute Gasteiger partial charge is 0.401 e. The molecule has 0 saturated carbocycles. The summed E-state index contributed by atoms with van der Waals surface area (Å²) in [6.45, 7) is 3.54. The number of amides is 1. The maximum absolute atomic E-state index is 12.2. The van der Waals surface area contributed by atoms with Gasteiger partial charge in [-0.15, -0.1) is 0 Å². The van der Waals surface area contributed by atoms with E-state index in [-0.39, 0.29) is 19.5 Å². The van der Waals surface area contributed by atoms with Gasteiger partial charge in [0, 0.05) is 6.54 Å². The fraction of sp³-hybridized carbons (Fsp3) is 0.900. The standard InChI is InChI=1S/C10H20F3N3O/c1-3-15-8(9(14)17)5-6-16(4-2)7-10(11,12)13/h8,15H,3-7H2,1-2H3,(H2,14,17). The molecule has 1 atom stereocenters. The molecule has 0 saturated heterocycles. The van der Waals surface area contributed by atoms with E-state index in [2.05, 4.69) is 5.32 Å². The van der Waals surface area contributed by atoms with Crippen molar-refractivity contribution in [3.05, 3.63) is 0 Å². The van der Waals surface area contributed by atoms with Crippen LogP contribution >= 0.6 is 0 Å². The number of rotatable bonds is 8. The monoisotopic (exact) mass is 255 g/mol. The van der Waals surface area contributed by atoms with Crippen molar-refractivity contribution >= 4 is 5.91 Å². The topological polar surface area (TPSA) is 58.4 Å². The van der Waals surface area contributed by atoms with Crippen LogP contribution in [0.15, 0.2) is 0 Å². The third-order valence-corrected chi connectivity index (χ3v) is 2.38. The second-order valence-electron chi connectivity index (χ2n) is 3.79. The van der Waals surface area contributed by atoms with Crippen molar-refractivity contribution in [3.63, 3.8) is 0 Å². The summed E-state index contributed by atoms with van der Waals surface area (Å²) in [7, 11) is 0. The van der Waals surface area contributed by atoms with E-state index in [0.717, 1.165) is 0 Å². The Morgan fingerprint density at radius 1 is 1.41 bits per heavy atom. The van der Waals surface area contributed by atoms with Crippen LogP contribution in [-0.2, 0) is 4.79 Å². The minimum absolute atomic E-state index is 0.191. The number of carbonyl (C=O) groups excluding carboxylic acids is 1. The molecule has 0 aliphatic rings. The number of nitrogens with zero attached hydrogens (tertiary/aromatic N) is 1. The van der Waals surface area contributed by atoms with E-state index in [1.807, 2.05) is 6.92 Å². The highest BCUT2D eigenvalue weighted by atomic mass is 19.4. The first-order valence-corrected chi connectivity index (χ1v) is 5.62. The SMILES string of the molecule is CCNC(CCN(CC)CC(F)(F)F)C(N)=O. The Balaban J connectivity index is 4.15. The van der Waals surface area contributed by atoms with Crippen molar-refractivity contribution < 1.29 is 18.0 Å². The summed E-state index contributed by atoms with van der Waals surface area (Å²) >= 11 is 0. The number of carbonyl (C=O) groups is 1. The summed E-state index contributed by atoms with van der Waals surface area (Å²) in [5.41, 5.74) is 5.14. The number of hydrogen-bond acceptors (Lipinski definition) is 3. The van der Waals surface area contributed by atoms with Gasteiger partial charge in [-0.2, -0.15) is 13.2 Å². The lowest BCUT2D eigenvalue weighted by Crippen LogP contribution is -2.44. The Morgan fingerprint density at radius 2 is 2.00 bits per heavy atom. The van der Waals surface area contributed by atoms with Crippen LogP contribution in [0.1, 0.15) is 20.3 Å². The smallest absolute Gasteiger partial charge is 0.368 e. The first kappa shape index (κ1) is 16.2. The van der Waals surface area contributed by atoms with E-state index in [9.17, 15) is 18.0 Å². The first-order valence-electron chi connectivity index (χ1n) is 5.62. The zero-order valence-electron chi connectivity index (χ0n) is 10.2. The molecule has 0 radical (unpaired) electrons. The lowest BCUT2D eigenvalue weighted by Gasteiger charge is -2.24. The third kappa shape index (κ3) is 7.98. The number of alkyl halides is 3.